The SMILES string of the molecule is CC1CC(C2CCCCC2)(n2cncn2)CCN1C(=O)[C@@H](Cc1ccc(F)cc1)NS(=O)(=O)C(F)(F)F. The van der Waals surface area contributed by atoms with Crippen LogP contribution in [0.1, 0.15) is 57.4 Å². The Hall–Kier alpha value is -2.54. The number of rotatable bonds is 7. The normalized spacial score (nSPS) is 24.7. The van der Waals surface area contributed by atoms with Crippen molar-refractivity contribution in [1.29, 1.82) is 0 Å². The number of sulfonamides is 1. The Kier molecular flexibility index (Phi) is 7.93. The highest BCUT2D eigenvalue weighted by atomic mass is 32.2. The number of carbonyl (C=O) groups excluding carboxylic acids is 1. The van der Waals surface area contributed by atoms with E-state index in [1.54, 1.807) is 11.0 Å². The number of likely N-dealkylation sites (tertiary alicyclic amines) is 1. The number of carbonyl (C=O) groups is 1. The van der Waals surface area contributed by atoms with Crippen LogP contribution in [0.2, 0.25) is 0 Å². The molecule has 2 unspecified atom stereocenters. The summed E-state index contributed by atoms with van der Waals surface area (Å²) in [7, 11) is -5.80. The van der Waals surface area contributed by atoms with E-state index in [0.717, 1.165) is 44.2 Å². The lowest BCUT2D eigenvalue weighted by atomic mass is 9.68. The van der Waals surface area contributed by atoms with E-state index in [4.69, 9.17) is 0 Å². The molecule has 1 aliphatic heterocycles. The number of nitrogens with zero attached hydrogens (tertiary/aromatic N) is 4. The minimum absolute atomic E-state index is 0.226. The molecular formula is C24H31F4N5O3S. The molecular weight excluding hydrogens is 514 g/mol. The summed E-state index contributed by atoms with van der Waals surface area (Å²) < 4.78 is 80.3. The first-order valence-electron chi connectivity index (χ1n) is 12.4. The second-order valence-electron chi connectivity index (χ2n) is 10.1. The van der Waals surface area contributed by atoms with Crippen molar-refractivity contribution in [2.24, 2.45) is 5.92 Å². The van der Waals surface area contributed by atoms with Crippen molar-refractivity contribution >= 4 is 15.9 Å². The molecule has 8 nitrogen and oxygen atoms in total. The van der Waals surface area contributed by atoms with Gasteiger partial charge in [0.2, 0.25) is 5.91 Å². The Bertz CT molecular complexity index is 1170. The Morgan fingerprint density at radius 1 is 1.19 bits per heavy atom. The molecule has 4 rings (SSSR count). The highest BCUT2D eigenvalue weighted by Crippen LogP contribution is 2.45. The molecule has 1 aromatic carbocycles. The van der Waals surface area contributed by atoms with E-state index in [-0.39, 0.29) is 18.5 Å². The quantitative estimate of drug-likeness (QED) is 0.535. The van der Waals surface area contributed by atoms with Crippen LogP contribution in [0.4, 0.5) is 17.6 Å². The van der Waals surface area contributed by atoms with Gasteiger partial charge in [0.1, 0.15) is 24.5 Å². The molecule has 13 heteroatoms. The minimum Gasteiger partial charge on any atom is -0.338 e. The maximum atomic E-state index is 13.6. The molecule has 1 N–H and O–H groups in total. The number of halogens is 4. The topological polar surface area (TPSA) is 97.2 Å². The Balaban J connectivity index is 1.59. The predicted octanol–water partition coefficient (Wildman–Crippen LogP) is 3.75. The van der Waals surface area contributed by atoms with Crippen molar-refractivity contribution < 1.29 is 30.8 Å². The second kappa shape index (κ2) is 10.7. The first-order chi connectivity index (χ1) is 17.4. The van der Waals surface area contributed by atoms with Gasteiger partial charge in [0.05, 0.1) is 5.54 Å². The Morgan fingerprint density at radius 2 is 1.86 bits per heavy atom. The van der Waals surface area contributed by atoms with Gasteiger partial charge in [-0.15, -0.1) is 0 Å². The van der Waals surface area contributed by atoms with Crippen molar-refractivity contribution in [2.75, 3.05) is 6.54 Å². The summed E-state index contributed by atoms with van der Waals surface area (Å²) in [5, 5.41) is 4.42. The molecule has 3 atom stereocenters. The maximum Gasteiger partial charge on any atom is 0.511 e. The standard InChI is InChI=1S/C24H31F4N5O3S/c1-17-14-23(33-16-29-15-30-33,19-5-3-2-4-6-19)11-12-32(17)22(34)21(31-37(35,36)24(26,27)28)13-18-7-9-20(25)10-8-18/h7-10,15-17,19,21,31H,2-6,11-14H2,1H3/t17?,21-,23?/m1/s1. The third-order valence-corrected chi connectivity index (χ3v) is 8.95. The summed E-state index contributed by atoms with van der Waals surface area (Å²) in [4.78, 5) is 19.2. The van der Waals surface area contributed by atoms with Crippen molar-refractivity contribution in [1.82, 2.24) is 24.4 Å². The number of piperidine rings is 1. The molecule has 1 aromatic heterocycles. The van der Waals surface area contributed by atoms with Crippen molar-refractivity contribution in [3.8, 4) is 0 Å². The lowest BCUT2D eigenvalue weighted by molar-refractivity contribution is -0.139. The van der Waals surface area contributed by atoms with E-state index in [1.807, 2.05) is 11.6 Å². The number of amides is 1. The fourth-order valence-corrected chi connectivity index (χ4v) is 6.61. The molecule has 2 aromatic rings. The van der Waals surface area contributed by atoms with E-state index < -0.39 is 39.3 Å². The summed E-state index contributed by atoms with van der Waals surface area (Å²) >= 11 is 0. The van der Waals surface area contributed by atoms with E-state index in [2.05, 4.69) is 10.1 Å². The molecule has 0 radical (unpaired) electrons. The monoisotopic (exact) mass is 545 g/mol. The van der Waals surface area contributed by atoms with Crippen molar-refractivity contribution in [3.05, 3.63) is 48.3 Å². The summed E-state index contributed by atoms with van der Waals surface area (Å²) in [5.41, 5.74) is -5.63. The van der Waals surface area contributed by atoms with Crippen LogP contribution in [0, 0.1) is 11.7 Å². The predicted molar refractivity (Wildman–Crippen MR) is 127 cm³/mol. The summed E-state index contributed by atoms with van der Waals surface area (Å²) in [5.74, 6) is -0.985. The molecule has 1 aliphatic carbocycles. The Morgan fingerprint density at radius 3 is 2.43 bits per heavy atom. The molecule has 0 spiro atoms. The zero-order chi connectivity index (χ0) is 26.8. The third kappa shape index (κ3) is 5.82. The van der Waals surface area contributed by atoms with Gasteiger partial charge in [-0.1, -0.05) is 31.4 Å². The molecule has 1 saturated heterocycles. The number of aromatic nitrogens is 3. The number of benzene rings is 1. The van der Waals surface area contributed by atoms with Crippen LogP contribution in [0.5, 0.6) is 0 Å². The average Bonchev–Trinajstić information content (AvgIpc) is 3.40. The third-order valence-electron chi connectivity index (χ3n) is 7.74. The summed E-state index contributed by atoms with van der Waals surface area (Å²) in [6.07, 6.45) is 9.20. The minimum atomic E-state index is -5.80. The van der Waals surface area contributed by atoms with Gasteiger partial charge in [0, 0.05) is 12.6 Å². The van der Waals surface area contributed by atoms with Gasteiger partial charge < -0.3 is 4.90 Å². The first-order valence-corrected chi connectivity index (χ1v) is 13.9. The van der Waals surface area contributed by atoms with E-state index in [1.165, 1.54) is 23.4 Å². The number of hydrogen-bond acceptors (Lipinski definition) is 5. The summed E-state index contributed by atoms with van der Waals surface area (Å²) in [6.45, 7) is 2.04. The van der Waals surface area contributed by atoms with E-state index >= 15 is 0 Å². The number of hydrogen-bond donors (Lipinski definition) is 1. The molecule has 2 fully saturated rings. The highest BCUT2D eigenvalue weighted by molar-refractivity contribution is 7.90. The number of alkyl halides is 3. The van der Waals surface area contributed by atoms with Gasteiger partial charge in [-0.25, -0.2) is 22.5 Å². The van der Waals surface area contributed by atoms with Crippen LogP contribution in [-0.2, 0) is 26.8 Å². The molecule has 204 valence electrons. The molecule has 1 saturated carbocycles. The largest absolute Gasteiger partial charge is 0.511 e. The van der Waals surface area contributed by atoms with Gasteiger partial charge >= 0.3 is 15.5 Å². The second-order valence-corrected chi connectivity index (χ2v) is 11.8. The number of nitrogens with one attached hydrogen (secondary N) is 1. The van der Waals surface area contributed by atoms with Gasteiger partial charge in [0.25, 0.3) is 0 Å². The molecule has 2 aliphatic rings. The molecule has 1 amide bonds. The zero-order valence-electron chi connectivity index (χ0n) is 20.5. The Labute approximate surface area is 213 Å². The van der Waals surface area contributed by atoms with Gasteiger partial charge in [-0.3, -0.25) is 4.79 Å². The van der Waals surface area contributed by atoms with Crippen LogP contribution in [0.15, 0.2) is 36.9 Å². The smallest absolute Gasteiger partial charge is 0.338 e. The van der Waals surface area contributed by atoms with Crippen LogP contribution in [-0.4, -0.2) is 58.1 Å². The lowest BCUT2D eigenvalue weighted by Gasteiger charge is -2.50. The van der Waals surface area contributed by atoms with Crippen LogP contribution in [0.3, 0.4) is 0 Å². The van der Waals surface area contributed by atoms with Crippen LogP contribution >= 0.6 is 0 Å². The lowest BCUT2D eigenvalue weighted by Crippen LogP contribution is -2.60. The fourth-order valence-electron chi connectivity index (χ4n) is 5.92. The van der Waals surface area contributed by atoms with Crippen LogP contribution in [0.25, 0.3) is 0 Å². The van der Waals surface area contributed by atoms with Gasteiger partial charge in [-0.05, 0) is 62.6 Å². The fraction of sp³-hybridized carbons (Fsp3) is 0.625. The molecule has 2 heterocycles. The maximum absolute atomic E-state index is 13.6. The van der Waals surface area contributed by atoms with Crippen LogP contribution < -0.4 is 4.72 Å². The summed E-state index contributed by atoms with van der Waals surface area (Å²) in [6, 6.07) is 2.75. The first kappa shape index (κ1) is 27.5. The average molecular weight is 546 g/mol. The molecule has 37 heavy (non-hydrogen) atoms. The zero-order valence-corrected chi connectivity index (χ0v) is 21.3. The van der Waals surface area contributed by atoms with Gasteiger partial charge in [0.15, 0.2) is 0 Å². The van der Waals surface area contributed by atoms with E-state index in [0.29, 0.717) is 24.3 Å². The van der Waals surface area contributed by atoms with E-state index in [9.17, 15) is 30.8 Å². The van der Waals surface area contributed by atoms with Crippen molar-refractivity contribution in [2.45, 2.75) is 81.4 Å². The van der Waals surface area contributed by atoms with Gasteiger partial charge in [-0.2, -0.15) is 23.0 Å². The highest BCUT2D eigenvalue weighted by Gasteiger charge is 2.50. The molecule has 0 bridgehead atoms. The van der Waals surface area contributed by atoms with Crippen molar-refractivity contribution in [3.63, 3.8) is 0 Å².